The molecule has 0 saturated carbocycles. The molecule has 2 aliphatic rings. The first-order valence-corrected chi connectivity index (χ1v) is 25.5. The van der Waals surface area contributed by atoms with Crippen LogP contribution in [0.2, 0.25) is 0 Å². The topological polar surface area (TPSA) is 197 Å². The number of hydrogen-bond acceptors (Lipinski definition) is 12. The van der Waals surface area contributed by atoms with Crippen LogP contribution in [-0.2, 0) is 0 Å². The van der Waals surface area contributed by atoms with Crippen molar-refractivity contribution < 1.29 is 28.7 Å². The number of rotatable bonds is 10. The predicted molar refractivity (Wildman–Crippen MR) is 309 cm³/mol. The fourth-order valence-electron chi connectivity index (χ4n) is 10.4. The fourth-order valence-corrected chi connectivity index (χ4v) is 10.4. The van der Waals surface area contributed by atoms with E-state index in [2.05, 4.69) is 0 Å². The zero-order chi connectivity index (χ0) is 54.2. The van der Waals surface area contributed by atoms with Gasteiger partial charge < -0.3 is 20.9 Å². The van der Waals surface area contributed by atoms with Crippen molar-refractivity contribution in [2.75, 3.05) is 21.3 Å². The number of aromatic nitrogens is 4. The quantitative estimate of drug-likeness (QED) is 0.0972. The number of hydrogen-bond donors (Lipinski definition) is 2. The zero-order valence-corrected chi connectivity index (χ0v) is 42.1. The lowest BCUT2D eigenvalue weighted by Crippen LogP contribution is -2.43. The predicted octanol–water partition coefficient (Wildman–Crippen LogP) is 13.7. The molecule has 0 aliphatic carbocycles. The molecule has 380 valence electrons. The Hall–Kier alpha value is -11.4. The summed E-state index contributed by atoms with van der Waals surface area (Å²) in [7, 11) is 0. The number of nitrogens with two attached hydrogens (primary N) is 2. The van der Waals surface area contributed by atoms with E-state index in [0.717, 1.165) is 20.9 Å². The van der Waals surface area contributed by atoms with Crippen LogP contribution in [0.1, 0.15) is 41.4 Å². The maximum atomic E-state index is 14.6. The summed E-state index contributed by atoms with van der Waals surface area (Å²) in [6, 6.07) is 64.9. The van der Waals surface area contributed by atoms with Crippen molar-refractivity contribution in [1.29, 1.82) is 0 Å². The Balaban J connectivity index is 0.763. The second-order valence-corrected chi connectivity index (χ2v) is 19.3. The van der Waals surface area contributed by atoms with Gasteiger partial charge in [-0.3, -0.25) is 19.2 Å². The molecule has 14 heteroatoms. The first-order valence-electron chi connectivity index (χ1n) is 25.5. The van der Waals surface area contributed by atoms with Crippen LogP contribution < -0.4 is 30.7 Å². The summed E-state index contributed by atoms with van der Waals surface area (Å²) in [6.45, 7) is 0. The van der Waals surface area contributed by atoms with Crippen molar-refractivity contribution in [3.63, 3.8) is 0 Å². The second kappa shape index (κ2) is 18.7. The number of benzene rings is 10. The molecule has 0 bridgehead atoms. The van der Waals surface area contributed by atoms with Crippen LogP contribution in [-0.4, -0.2) is 43.6 Å². The molecule has 0 atom stereocenters. The van der Waals surface area contributed by atoms with E-state index in [4.69, 9.17) is 40.9 Å². The van der Waals surface area contributed by atoms with Crippen molar-refractivity contribution >= 4 is 79.2 Å². The molecule has 2 aromatic heterocycles. The number of anilines is 4. The van der Waals surface area contributed by atoms with Gasteiger partial charge in [0, 0.05) is 78.8 Å². The Morgan fingerprint density at radius 1 is 0.300 bits per heavy atom. The van der Waals surface area contributed by atoms with Crippen LogP contribution >= 0.6 is 0 Å². The smallest absolute Gasteiger partial charge is 0.265 e. The van der Waals surface area contributed by atoms with Crippen molar-refractivity contribution in [3.05, 3.63) is 241 Å². The number of carbonyl (C=O) groups is 4. The third-order valence-corrected chi connectivity index (χ3v) is 14.3. The zero-order valence-electron chi connectivity index (χ0n) is 42.1. The number of nitrogens with zero attached hydrogens (tertiary/aromatic N) is 6. The summed E-state index contributed by atoms with van der Waals surface area (Å²) in [5.41, 5.74) is 22.4. The molecule has 4 N–H and O–H groups in total. The summed E-state index contributed by atoms with van der Waals surface area (Å²) >= 11 is 0. The molecule has 0 fully saturated rings. The number of nitrogen functional groups attached to an aromatic ring is 2. The highest BCUT2D eigenvalue weighted by Gasteiger charge is 2.41. The highest BCUT2D eigenvalue weighted by Crippen LogP contribution is 2.42. The standard InChI is InChI=1S/C66H40N8O6/c67-41-15-23-45(24-16-41)79-47-27-33-53-55(35-47)71-61(59(69-53)37-7-3-1-4-8-37)39-11-19-43(20-12-39)73-63(75)49-29-31-51-58-52(32-30-50(57(49)58)64(73)76)66(78)74(65(51)77)44-21-13-40(14-22-44)62-60(38-9-5-2-6-10-38)70-54-34-28-48(36-56(54)72-62)80-46-25-17-42(68)18-26-46/h1-36H,67-68H2. The summed E-state index contributed by atoms with van der Waals surface area (Å²) in [5, 5.41) is 0.507. The summed E-state index contributed by atoms with van der Waals surface area (Å²) < 4.78 is 12.3. The van der Waals surface area contributed by atoms with Gasteiger partial charge in [0.25, 0.3) is 23.6 Å². The van der Waals surface area contributed by atoms with E-state index in [9.17, 15) is 19.2 Å². The van der Waals surface area contributed by atoms with Crippen molar-refractivity contribution in [1.82, 2.24) is 19.9 Å². The Morgan fingerprint density at radius 2 is 0.600 bits per heavy atom. The van der Waals surface area contributed by atoms with E-state index in [1.165, 1.54) is 0 Å². The molecule has 0 unspecified atom stereocenters. The fraction of sp³-hybridized carbons (Fsp3) is 0. The van der Waals surface area contributed by atoms with E-state index in [0.29, 0.717) is 102 Å². The van der Waals surface area contributed by atoms with Gasteiger partial charge >= 0.3 is 0 Å². The van der Waals surface area contributed by atoms with E-state index >= 15 is 0 Å². The molecule has 14 nitrogen and oxygen atoms in total. The molecule has 2 aliphatic heterocycles. The van der Waals surface area contributed by atoms with Crippen molar-refractivity contribution in [3.8, 4) is 68.0 Å². The maximum Gasteiger partial charge on any atom is 0.265 e. The van der Waals surface area contributed by atoms with Gasteiger partial charge in [-0.15, -0.1) is 0 Å². The minimum absolute atomic E-state index is 0.182. The molecule has 12 aromatic rings. The molecular formula is C66H40N8O6. The van der Waals surface area contributed by atoms with Gasteiger partial charge in [-0.1, -0.05) is 84.9 Å². The molecule has 10 aromatic carbocycles. The average molecular weight is 1040 g/mol. The Kier molecular flexibility index (Phi) is 11.0. The van der Waals surface area contributed by atoms with E-state index in [1.54, 1.807) is 121 Å². The first-order chi connectivity index (χ1) is 39.1. The minimum Gasteiger partial charge on any atom is -0.457 e. The summed E-state index contributed by atoms with van der Waals surface area (Å²) in [6.07, 6.45) is 0. The van der Waals surface area contributed by atoms with Crippen LogP contribution in [0, 0.1) is 0 Å². The Morgan fingerprint density at radius 3 is 0.938 bits per heavy atom. The Bertz CT molecular complexity index is 4200. The molecule has 4 amide bonds. The maximum absolute atomic E-state index is 14.6. The highest BCUT2D eigenvalue weighted by atomic mass is 16.5. The lowest BCUT2D eigenvalue weighted by atomic mass is 9.85. The van der Waals surface area contributed by atoms with E-state index in [-0.39, 0.29) is 33.0 Å². The van der Waals surface area contributed by atoms with Gasteiger partial charge in [-0.05, 0) is 121 Å². The number of carbonyl (C=O) groups excluding carboxylic acids is 4. The van der Waals surface area contributed by atoms with Gasteiger partial charge in [-0.25, -0.2) is 29.7 Å². The van der Waals surface area contributed by atoms with Crippen LogP contribution in [0.3, 0.4) is 0 Å². The highest BCUT2D eigenvalue weighted by molar-refractivity contribution is 6.42. The number of amides is 4. The van der Waals surface area contributed by atoms with Crippen molar-refractivity contribution in [2.24, 2.45) is 0 Å². The SMILES string of the molecule is Nc1ccc(Oc2ccc3nc(-c4ccccc4)c(-c4ccc(N5C(=O)c6ccc7c8c(ccc(c68)C5=O)C(=O)N(c5ccc(-c6nc8cc(Oc9ccc(N)cc9)ccc8nc6-c6ccccc6)cc5)C7=O)cc4)nc3c2)cc1. The molecule has 14 rings (SSSR count). The Labute approximate surface area is 455 Å². The van der Waals surface area contributed by atoms with Gasteiger partial charge in [0.1, 0.15) is 23.0 Å². The lowest BCUT2D eigenvalue weighted by molar-refractivity contribution is 0.0873. The van der Waals surface area contributed by atoms with Crippen LogP contribution in [0.25, 0.3) is 77.9 Å². The first kappa shape index (κ1) is 47.1. The molecule has 80 heavy (non-hydrogen) atoms. The largest absolute Gasteiger partial charge is 0.457 e. The van der Waals surface area contributed by atoms with Gasteiger partial charge in [0.05, 0.1) is 56.2 Å². The third-order valence-electron chi connectivity index (χ3n) is 14.3. The van der Waals surface area contributed by atoms with E-state index in [1.807, 2.05) is 97.1 Å². The normalized spacial score (nSPS) is 12.9. The molecule has 0 saturated heterocycles. The van der Waals surface area contributed by atoms with Crippen LogP contribution in [0.4, 0.5) is 22.7 Å². The third kappa shape index (κ3) is 8.06. The van der Waals surface area contributed by atoms with Gasteiger partial charge in [-0.2, -0.15) is 0 Å². The number of ether oxygens (including phenoxy) is 2. The van der Waals surface area contributed by atoms with E-state index < -0.39 is 23.6 Å². The van der Waals surface area contributed by atoms with Gasteiger partial charge in [0.2, 0.25) is 0 Å². The monoisotopic (exact) mass is 1040 g/mol. The molecular weight excluding hydrogens is 1000 g/mol. The average Bonchev–Trinajstić information content (AvgIpc) is 3.61. The lowest BCUT2D eigenvalue weighted by Gasteiger charge is -2.32. The van der Waals surface area contributed by atoms with Crippen LogP contribution in [0.5, 0.6) is 23.0 Å². The minimum atomic E-state index is -0.599. The number of fused-ring (bicyclic) bond motifs is 2. The molecule has 0 spiro atoms. The van der Waals surface area contributed by atoms with Crippen molar-refractivity contribution in [2.45, 2.75) is 0 Å². The second-order valence-electron chi connectivity index (χ2n) is 19.3. The number of imide groups is 2. The molecule has 4 heterocycles. The summed E-state index contributed by atoms with van der Waals surface area (Å²) in [5.74, 6) is -0.0328. The molecule has 0 radical (unpaired) electrons. The van der Waals surface area contributed by atoms with Gasteiger partial charge in [0.15, 0.2) is 0 Å². The van der Waals surface area contributed by atoms with Crippen LogP contribution in [0.15, 0.2) is 218 Å². The summed E-state index contributed by atoms with van der Waals surface area (Å²) in [4.78, 5) is 81.0.